The molecule has 0 radical (unpaired) electrons. The first-order valence-corrected chi connectivity index (χ1v) is 10.7. The molecular weight excluding hydrogens is 378 g/mol. The first-order valence-electron chi connectivity index (χ1n) is 10.7. The molecule has 0 saturated carbocycles. The Labute approximate surface area is 178 Å². The number of benzene rings is 1. The maximum absolute atomic E-state index is 13.6. The SMILES string of the molecule is CCN(CC)c1ccc(C2C(C(=O)N3CCN(C)CC3)=C(C)Nc3ncnn32)cc1. The molecule has 8 heteroatoms. The third-order valence-corrected chi connectivity index (χ3v) is 6.15. The zero-order valence-electron chi connectivity index (χ0n) is 18.3. The van der Waals surface area contributed by atoms with E-state index >= 15 is 0 Å². The van der Waals surface area contributed by atoms with Crippen LogP contribution in [0.2, 0.25) is 0 Å². The number of piperazine rings is 1. The van der Waals surface area contributed by atoms with E-state index in [4.69, 9.17) is 0 Å². The minimum atomic E-state index is -0.290. The van der Waals surface area contributed by atoms with Crippen LogP contribution in [0.4, 0.5) is 11.6 Å². The highest BCUT2D eigenvalue weighted by molar-refractivity contribution is 5.97. The second-order valence-corrected chi connectivity index (χ2v) is 7.95. The molecule has 1 unspecified atom stereocenters. The average molecular weight is 410 g/mol. The number of carbonyl (C=O) groups excluding carboxylic acids is 1. The summed E-state index contributed by atoms with van der Waals surface area (Å²) in [6.07, 6.45) is 1.54. The molecule has 0 bridgehead atoms. The normalized spacial score (nSPS) is 19.5. The summed E-state index contributed by atoms with van der Waals surface area (Å²) in [5.74, 6) is 0.743. The number of aromatic nitrogens is 3. The molecular formula is C22H31N7O. The molecule has 1 saturated heterocycles. The fourth-order valence-corrected chi connectivity index (χ4v) is 4.31. The van der Waals surface area contributed by atoms with E-state index in [-0.39, 0.29) is 11.9 Å². The molecule has 2 aliphatic rings. The number of hydrogen-bond donors (Lipinski definition) is 1. The zero-order chi connectivity index (χ0) is 21.3. The van der Waals surface area contributed by atoms with Crippen LogP contribution in [0.15, 0.2) is 41.9 Å². The predicted molar refractivity (Wildman–Crippen MR) is 119 cm³/mol. The maximum Gasteiger partial charge on any atom is 0.254 e. The zero-order valence-corrected chi connectivity index (χ0v) is 18.3. The van der Waals surface area contributed by atoms with Crippen LogP contribution in [-0.4, -0.2) is 76.8 Å². The number of nitrogens with one attached hydrogen (secondary N) is 1. The van der Waals surface area contributed by atoms with Crippen molar-refractivity contribution < 1.29 is 4.79 Å². The number of amides is 1. The number of carbonyl (C=O) groups is 1. The van der Waals surface area contributed by atoms with Crippen molar-refractivity contribution in [3.05, 3.63) is 47.4 Å². The summed E-state index contributed by atoms with van der Waals surface area (Å²) in [6.45, 7) is 11.5. The van der Waals surface area contributed by atoms with Crippen molar-refractivity contribution in [3.8, 4) is 0 Å². The summed E-state index contributed by atoms with van der Waals surface area (Å²) < 4.78 is 1.82. The lowest BCUT2D eigenvalue weighted by Gasteiger charge is -2.36. The Morgan fingerprint density at radius 1 is 1.13 bits per heavy atom. The van der Waals surface area contributed by atoms with Crippen LogP contribution < -0.4 is 10.2 Å². The summed E-state index contributed by atoms with van der Waals surface area (Å²) in [6, 6.07) is 8.20. The number of anilines is 2. The molecule has 0 spiro atoms. The van der Waals surface area contributed by atoms with Gasteiger partial charge in [-0.05, 0) is 45.5 Å². The number of rotatable bonds is 5. The average Bonchev–Trinajstić information content (AvgIpc) is 3.22. The lowest BCUT2D eigenvalue weighted by Crippen LogP contribution is -2.49. The van der Waals surface area contributed by atoms with E-state index in [1.54, 1.807) is 0 Å². The topological polar surface area (TPSA) is 69.5 Å². The quantitative estimate of drug-likeness (QED) is 0.816. The highest BCUT2D eigenvalue weighted by Gasteiger charge is 2.36. The Kier molecular flexibility index (Phi) is 5.76. The number of nitrogens with zero attached hydrogens (tertiary/aromatic N) is 6. The first kappa shape index (κ1) is 20.4. The van der Waals surface area contributed by atoms with E-state index in [9.17, 15) is 4.79 Å². The summed E-state index contributed by atoms with van der Waals surface area (Å²) in [7, 11) is 2.09. The Hall–Kier alpha value is -2.87. The highest BCUT2D eigenvalue weighted by Crippen LogP contribution is 2.36. The minimum Gasteiger partial charge on any atom is -0.372 e. The van der Waals surface area contributed by atoms with E-state index in [2.05, 4.69) is 70.4 Å². The molecule has 1 atom stereocenters. The van der Waals surface area contributed by atoms with Gasteiger partial charge in [-0.2, -0.15) is 10.1 Å². The molecule has 4 rings (SSSR count). The predicted octanol–water partition coefficient (Wildman–Crippen LogP) is 2.19. The number of likely N-dealkylation sites (N-methyl/N-ethyl adjacent to an activating group) is 1. The Bertz CT molecular complexity index is 921. The van der Waals surface area contributed by atoms with Crippen LogP contribution in [-0.2, 0) is 4.79 Å². The Balaban J connectivity index is 1.70. The van der Waals surface area contributed by atoms with Crippen molar-refractivity contribution in [2.45, 2.75) is 26.8 Å². The van der Waals surface area contributed by atoms with Gasteiger partial charge in [0.05, 0.1) is 5.57 Å². The van der Waals surface area contributed by atoms with E-state index in [1.807, 2.05) is 16.5 Å². The van der Waals surface area contributed by atoms with E-state index in [0.717, 1.165) is 56.1 Å². The second-order valence-electron chi connectivity index (χ2n) is 7.95. The van der Waals surface area contributed by atoms with Crippen LogP contribution in [0.25, 0.3) is 0 Å². The number of allylic oxidation sites excluding steroid dienone is 1. The highest BCUT2D eigenvalue weighted by atomic mass is 16.2. The van der Waals surface area contributed by atoms with Gasteiger partial charge in [0.1, 0.15) is 12.4 Å². The monoisotopic (exact) mass is 409 g/mol. The van der Waals surface area contributed by atoms with Gasteiger partial charge >= 0.3 is 0 Å². The molecule has 1 amide bonds. The molecule has 3 heterocycles. The van der Waals surface area contributed by atoms with Crippen LogP contribution in [0.3, 0.4) is 0 Å². The van der Waals surface area contributed by atoms with Crippen molar-refractivity contribution in [2.24, 2.45) is 0 Å². The number of hydrogen-bond acceptors (Lipinski definition) is 6. The smallest absolute Gasteiger partial charge is 0.254 e. The fourth-order valence-electron chi connectivity index (χ4n) is 4.31. The Morgan fingerprint density at radius 3 is 2.43 bits per heavy atom. The first-order chi connectivity index (χ1) is 14.5. The fraction of sp³-hybridized carbons (Fsp3) is 0.500. The van der Waals surface area contributed by atoms with E-state index in [1.165, 1.54) is 12.0 Å². The van der Waals surface area contributed by atoms with Gasteiger partial charge in [-0.3, -0.25) is 4.79 Å². The molecule has 8 nitrogen and oxygen atoms in total. The van der Waals surface area contributed by atoms with E-state index < -0.39 is 0 Å². The Morgan fingerprint density at radius 2 is 1.80 bits per heavy atom. The minimum absolute atomic E-state index is 0.0760. The van der Waals surface area contributed by atoms with Crippen molar-refractivity contribution >= 4 is 17.5 Å². The standard InChI is InChI=1S/C22H31N7O/c1-5-27(6-2)18-9-7-17(8-10-18)20-19(16(3)25-22-23-15-24-29(20)22)21(30)28-13-11-26(4)12-14-28/h7-10,15,20H,5-6,11-14H2,1-4H3,(H,23,24,25). The summed E-state index contributed by atoms with van der Waals surface area (Å²) >= 11 is 0. The molecule has 2 aromatic rings. The summed E-state index contributed by atoms with van der Waals surface area (Å²) in [5, 5.41) is 7.72. The van der Waals surface area contributed by atoms with Gasteiger partial charge in [-0.1, -0.05) is 12.1 Å². The van der Waals surface area contributed by atoms with Gasteiger partial charge in [0.2, 0.25) is 5.95 Å². The molecule has 1 aromatic heterocycles. The molecule has 160 valence electrons. The molecule has 30 heavy (non-hydrogen) atoms. The van der Waals surface area contributed by atoms with Crippen molar-refractivity contribution in [3.63, 3.8) is 0 Å². The molecule has 2 aliphatic heterocycles. The largest absolute Gasteiger partial charge is 0.372 e. The van der Waals surface area contributed by atoms with Gasteiger partial charge in [0.15, 0.2) is 0 Å². The summed E-state index contributed by atoms with van der Waals surface area (Å²) in [4.78, 5) is 24.5. The van der Waals surface area contributed by atoms with Gasteiger partial charge in [0.25, 0.3) is 5.91 Å². The van der Waals surface area contributed by atoms with Crippen LogP contribution in [0.5, 0.6) is 0 Å². The van der Waals surface area contributed by atoms with Gasteiger partial charge in [-0.15, -0.1) is 0 Å². The van der Waals surface area contributed by atoms with Crippen LogP contribution >= 0.6 is 0 Å². The van der Waals surface area contributed by atoms with Gasteiger partial charge < -0.3 is 20.0 Å². The third-order valence-electron chi connectivity index (χ3n) is 6.15. The van der Waals surface area contributed by atoms with Crippen LogP contribution in [0, 0.1) is 0 Å². The van der Waals surface area contributed by atoms with Crippen molar-refractivity contribution in [1.82, 2.24) is 24.6 Å². The van der Waals surface area contributed by atoms with Gasteiger partial charge in [0, 0.05) is 50.7 Å². The molecule has 0 aliphatic carbocycles. The number of fused-ring (bicyclic) bond motifs is 1. The van der Waals surface area contributed by atoms with Crippen LogP contribution in [0.1, 0.15) is 32.4 Å². The maximum atomic E-state index is 13.6. The van der Waals surface area contributed by atoms with E-state index in [0.29, 0.717) is 5.95 Å². The summed E-state index contributed by atoms with van der Waals surface area (Å²) in [5.41, 5.74) is 3.81. The molecule has 1 fully saturated rings. The lowest BCUT2D eigenvalue weighted by atomic mass is 9.94. The second kappa shape index (κ2) is 8.47. The van der Waals surface area contributed by atoms with Crippen molar-refractivity contribution in [1.29, 1.82) is 0 Å². The third kappa shape index (κ3) is 3.67. The molecule has 1 aromatic carbocycles. The molecule has 1 N–H and O–H groups in total. The lowest BCUT2D eigenvalue weighted by molar-refractivity contribution is -0.129. The van der Waals surface area contributed by atoms with Gasteiger partial charge in [-0.25, -0.2) is 4.68 Å². The van der Waals surface area contributed by atoms with Crippen molar-refractivity contribution in [2.75, 3.05) is 56.5 Å².